The Balaban J connectivity index is 1.89. The molecule has 1 aliphatic rings. The zero-order chi connectivity index (χ0) is 14.3. The lowest BCUT2D eigenvalue weighted by atomic mass is 9.94. The van der Waals surface area contributed by atoms with Gasteiger partial charge >= 0.3 is 0 Å². The Kier molecular flexibility index (Phi) is 5.59. The number of nitrogens with zero attached hydrogens (tertiary/aromatic N) is 2. The molecule has 3 N–H and O–H groups in total. The lowest BCUT2D eigenvalue weighted by Gasteiger charge is -2.27. The fourth-order valence-electron chi connectivity index (χ4n) is 2.60. The Labute approximate surface area is 121 Å². The van der Waals surface area contributed by atoms with E-state index >= 15 is 0 Å². The molecule has 0 spiro atoms. The molecule has 0 saturated heterocycles. The minimum absolute atomic E-state index is 0.567. The second kappa shape index (κ2) is 7.43. The van der Waals surface area contributed by atoms with Crippen LogP contribution in [0.1, 0.15) is 51.9 Å². The lowest BCUT2D eigenvalue weighted by molar-refractivity contribution is 0.0380. The van der Waals surface area contributed by atoms with E-state index in [-0.39, 0.29) is 0 Å². The molecule has 1 heterocycles. The Hall–Kier alpha value is -1.36. The average Bonchev–Trinajstić information content (AvgIpc) is 2.69. The van der Waals surface area contributed by atoms with Crippen LogP contribution >= 0.6 is 0 Å². The zero-order valence-corrected chi connectivity index (χ0v) is 12.4. The first-order chi connectivity index (χ1) is 9.72. The maximum Gasteiger partial charge on any atom is 0.224 e. The zero-order valence-electron chi connectivity index (χ0n) is 12.4. The molecule has 1 aliphatic carbocycles. The van der Waals surface area contributed by atoms with Crippen molar-refractivity contribution < 1.29 is 5.11 Å². The van der Waals surface area contributed by atoms with Gasteiger partial charge in [-0.15, -0.1) is 0 Å². The minimum Gasteiger partial charge on any atom is -0.388 e. The van der Waals surface area contributed by atoms with Crippen LogP contribution in [0.4, 0.5) is 11.8 Å². The Morgan fingerprint density at radius 1 is 1.20 bits per heavy atom. The van der Waals surface area contributed by atoms with Crippen molar-refractivity contribution in [1.82, 2.24) is 9.97 Å². The van der Waals surface area contributed by atoms with E-state index in [0.717, 1.165) is 44.5 Å². The van der Waals surface area contributed by atoms with Crippen molar-refractivity contribution in [3.63, 3.8) is 0 Å². The van der Waals surface area contributed by atoms with Crippen LogP contribution < -0.4 is 10.6 Å². The maximum atomic E-state index is 10.6. The standard InChI is InChI=1S/C15H26N4O/c1-2-10-16-14-17-11-7-13(19-14)18-12-15(20)8-5-3-4-6-9-15/h7,11,20H,2-6,8-10,12H2,1H3,(H2,16,17,18,19). The molecule has 2 rings (SSSR count). The molecule has 5 heteroatoms. The molecule has 1 aromatic heterocycles. The number of hydrogen-bond donors (Lipinski definition) is 3. The summed E-state index contributed by atoms with van der Waals surface area (Å²) in [4.78, 5) is 8.58. The molecule has 5 nitrogen and oxygen atoms in total. The van der Waals surface area contributed by atoms with E-state index < -0.39 is 5.60 Å². The van der Waals surface area contributed by atoms with Crippen molar-refractivity contribution in [3.05, 3.63) is 12.3 Å². The van der Waals surface area contributed by atoms with Crippen LogP contribution in [0.2, 0.25) is 0 Å². The Bertz CT molecular complexity index is 403. The highest BCUT2D eigenvalue weighted by molar-refractivity contribution is 5.39. The third-order valence-electron chi connectivity index (χ3n) is 3.82. The monoisotopic (exact) mass is 278 g/mol. The first-order valence-corrected chi connectivity index (χ1v) is 7.75. The van der Waals surface area contributed by atoms with Crippen molar-refractivity contribution in [2.75, 3.05) is 23.7 Å². The number of aliphatic hydroxyl groups is 1. The van der Waals surface area contributed by atoms with Crippen LogP contribution in [0.5, 0.6) is 0 Å². The van der Waals surface area contributed by atoms with Gasteiger partial charge in [0.25, 0.3) is 0 Å². The van der Waals surface area contributed by atoms with E-state index in [1.807, 2.05) is 6.07 Å². The summed E-state index contributed by atoms with van der Waals surface area (Å²) < 4.78 is 0. The predicted molar refractivity (Wildman–Crippen MR) is 82.0 cm³/mol. The van der Waals surface area contributed by atoms with Crippen LogP contribution in [-0.2, 0) is 0 Å². The van der Waals surface area contributed by atoms with E-state index in [4.69, 9.17) is 0 Å². The van der Waals surface area contributed by atoms with Crippen LogP contribution in [0.3, 0.4) is 0 Å². The molecule has 0 atom stereocenters. The first kappa shape index (κ1) is 15.0. The summed E-state index contributed by atoms with van der Waals surface area (Å²) in [6, 6.07) is 1.84. The van der Waals surface area contributed by atoms with Crippen LogP contribution in [0.15, 0.2) is 12.3 Å². The largest absolute Gasteiger partial charge is 0.388 e. The Morgan fingerprint density at radius 2 is 1.95 bits per heavy atom. The predicted octanol–water partition coefficient (Wildman–Crippen LogP) is 2.80. The molecule has 0 unspecified atom stereocenters. The van der Waals surface area contributed by atoms with Crippen molar-refractivity contribution >= 4 is 11.8 Å². The normalized spacial score (nSPS) is 18.3. The van der Waals surface area contributed by atoms with Crippen molar-refractivity contribution in [2.24, 2.45) is 0 Å². The molecular weight excluding hydrogens is 252 g/mol. The van der Waals surface area contributed by atoms with Crippen molar-refractivity contribution in [2.45, 2.75) is 57.5 Å². The molecule has 0 aromatic carbocycles. The van der Waals surface area contributed by atoms with E-state index in [1.165, 1.54) is 12.8 Å². The molecule has 1 aromatic rings. The number of anilines is 2. The molecule has 1 saturated carbocycles. The summed E-state index contributed by atoms with van der Waals surface area (Å²) in [7, 11) is 0. The molecule has 20 heavy (non-hydrogen) atoms. The molecule has 1 fully saturated rings. The third kappa shape index (κ3) is 4.63. The van der Waals surface area contributed by atoms with Gasteiger partial charge < -0.3 is 15.7 Å². The molecule has 0 amide bonds. The third-order valence-corrected chi connectivity index (χ3v) is 3.82. The quantitative estimate of drug-likeness (QED) is 0.698. The van der Waals surface area contributed by atoms with Crippen molar-refractivity contribution in [3.8, 4) is 0 Å². The second-order valence-electron chi connectivity index (χ2n) is 5.68. The van der Waals surface area contributed by atoms with Crippen LogP contribution in [-0.4, -0.2) is 33.8 Å². The van der Waals surface area contributed by atoms with Gasteiger partial charge in [-0.1, -0.05) is 32.6 Å². The fourth-order valence-corrected chi connectivity index (χ4v) is 2.60. The van der Waals surface area contributed by atoms with E-state index in [1.54, 1.807) is 6.20 Å². The van der Waals surface area contributed by atoms with Gasteiger partial charge in [0.1, 0.15) is 5.82 Å². The second-order valence-corrected chi connectivity index (χ2v) is 5.68. The maximum absolute atomic E-state index is 10.6. The number of nitrogens with one attached hydrogen (secondary N) is 2. The summed E-state index contributed by atoms with van der Waals surface area (Å²) in [6.07, 6.45) is 9.25. The minimum atomic E-state index is -0.585. The molecule has 0 aliphatic heterocycles. The lowest BCUT2D eigenvalue weighted by Crippen LogP contribution is -2.36. The highest BCUT2D eigenvalue weighted by atomic mass is 16.3. The van der Waals surface area contributed by atoms with Gasteiger partial charge in [0, 0.05) is 19.3 Å². The summed E-state index contributed by atoms with van der Waals surface area (Å²) in [5, 5.41) is 17.0. The SMILES string of the molecule is CCCNc1nccc(NCC2(O)CCCCCC2)n1. The van der Waals surface area contributed by atoms with Gasteiger partial charge in [-0.3, -0.25) is 0 Å². The fraction of sp³-hybridized carbons (Fsp3) is 0.733. The molecule has 0 radical (unpaired) electrons. The molecular formula is C15H26N4O. The Morgan fingerprint density at radius 3 is 2.65 bits per heavy atom. The van der Waals surface area contributed by atoms with Crippen molar-refractivity contribution in [1.29, 1.82) is 0 Å². The number of rotatable bonds is 6. The van der Waals surface area contributed by atoms with Crippen LogP contribution in [0, 0.1) is 0 Å². The van der Waals surface area contributed by atoms with Gasteiger partial charge in [-0.2, -0.15) is 4.98 Å². The highest BCUT2D eigenvalue weighted by Crippen LogP contribution is 2.27. The van der Waals surface area contributed by atoms with E-state index in [2.05, 4.69) is 27.5 Å². The summed E-state index contributed by atoms with van der Waals surface area (Å²) in [5.74, 6) is 1.42. The summed E-state index contributed by atoms with van der Waals surface area (Å²) >= 11 is 0. The number of hydrogen-bond acceptors (Lipinski definition) is 5. The molecule has 112 valence electrons. The van der Waals surface area contributed by atoms with Crippen LogP contribution in [0.25, 0.3) is 0 Å². The van der Waals surface area contributed by atoms with Gasteiger partial charge in [0.15, 0.2) is 0 Å². The van der Waals surface area contributed by atoms with Gasteiger partial charge in [-0.05, 0) is 25.3 Å². The smallest absolute Gasteiger partial charge is 0.224 e. The van der Waals surface area contributed by atoms with E-state index in [9.17, 15) is 5.11 Å². The summed E-state index contributed by atoms with van der Waals surface area (Å²) in [6.45, 7) is 3.54. The topological polar surface area (TPSA) is 70.1 Å². The number of aromatic nitrogens is 2. The van der Waals surface area contributed by atoms with Gasteiger partial charge in [-0.25, -0.2) is 4.98 Å². The average molecular weight is 278 g/mol. The van der Waals surface area contributed by atoms with Gasteiger partial charge in [0.2, 0.25) is 5.95 Å². The highest BCUT2D eigenvalue weighted by Gasteiger charge is 2.27. The van der Waals surface area contributed by atoms with E-state index in [0.29, 0.717) is 12.5 Å². The molecule has 0 bridgehead atoms. The summed E-state index contributed by atoms with van der Waals surface area (Å²) in [5.41, 5.74) is -0.585. The van der Waals surface area contributed by atoms with Gasteiger partial charge in [0.05, 0.1) is 5.60 Å². The first-order valence-electron chi connectivity index (χ1n) is 7.75.